The molecular formula is C14H20O3. The van der Waals surface area contributed by atoms with Crippen molar-refractivity contribution in [2.24, 2.45) is 29.6 Å². The van der Waals surface area contributed by atoms with Crippen LogP contribution >= 0.6 is 0 Å². The van der Waals surface area contributed by atoms with Gasteiger partial charge in [-0.3, -0.25) is 4.79 Å². The molecule has 3 aliphatic rings. The standard InChI is InChI=1S/C14H20O3/c1-6(2)8(4)16-12-9-5-10-11(7(9)3)14(15)17-13(10)12/h6-7,9-13H,4-5H2,1-3H3. The van der Waals surface area contributed by atoms with Crippen LogP contribution in [0.2, 0.25) is 0 Å². The smallest absolute Gasteiger partial charge is 0.310 e. The lowest BCUT2D eigenvalue weighted by Gasteiger charge is -2.31. The van der Waals surface area contributed by atoms with Gasteiger partial charge in [0.15, 0.2) is 0 Å². The molecule has 0 aromatic heterocycles. The molecule has 3 heteroatoms. The number of carbonyl (C=O) groups excluding carboxylic acids is 1. The quantitative estimate of drug-likeness (QED) is 0.557. The second kappa shape index (κ2) is 3.50. The van der Waals surface area contributed by atoms with Crippen LogP contribution in [0.25, 0.3) is 0 Å². The van der Waals surface area contributed by atoms with E-state index in [4.69, 9.17) is 9.47 Å². The van der Waals surface area contributed by atoms with Crippen molar-refractivity contribution in [3.05, 3.63) is 12.3 Å². The van der Waals surface area contributed by atoms with Crippen LogP contribution in [0.1, 0.15) is 27.2 Å². The van der Waals surface area contributed by atoms with Gasteiger partial charge in [0.25, 0.3) is 0 Å². The minimum atomic E-state index is -0.0100. The predicted octanol–water partition coefficient (Wildman–Crippen LogP) is 2.37. The summed E-state index contributed by atoms with van der Waals surface area (Å²) < 4.78 is 11.5. The van der Waals surface area contributed by atoms with E-state index in [-0.39, 0.29) is 24.1 Å². The molecule has 94 valence electrons. The van der Waals surface area contributed by atoms with Crippen molar-refractivity contribution in [3.63, 3.8) is 0 Å². The van der Waals surface area contributed by atoms with Gasteiger partial charge in [0, 0.05) is 17.8 Å². The van der Waals surface area contributed by atoms with Crippen molar-refractivity contribution in [2.45, 2.75) is 39.4 Å². The molecule has 3 fully saturated rings. The Bertz CT molecular complexity index is 374. The van der Waals surface area contributed by atoms with Crippen molar-refractivity contribution in [3.8, 4) is 0 Å². The fourth-order valence-corrected chi connectivity index (χ4v) is 3.81. The van der Waals surface area contributed by atoms with Gasteiger partial charge in [0.05, 0.1) is 11.7 Å². The number of carbonyl (C=O) groups is 1. The summed E-state index contributed by atoms with van der Waals surface area (Å²) in [5, 5.41) is 0. The van der Waals surface area contributed by atoms with Crippen LogP contribution in [0.4, 0.5) is 0 Å². The fourth-order valence-electron chi connectivity index (χ4n) is 3.81. The Kier molecular flexibility index (Phi) is 2.29. The first-order valence-electron chi connectivity index (χ1n) is 6.56. The summed E-state index contributed by atoms with van der Waals surface area (Å²) >= 11 is 0. The van der Waals surface area contributed by atoms with Gasteiger partial charge in [-0.05, 0) is 12.3 Å². The molecule has 2 bridgehead atoms. The number of ether oxygens (including phenoxy) is 2. The van der Waals surface area contributed by atoms with Gasteiger partial charge in [-0.1, -0.05) is 27.4 Å². The van der Waals surface area contributed by atoms with Gasteiger partial charge in [0.2, 0.25) is 0 Å². The molecule has 3 nitrogen and oxygen atoms in total. The summed E-state index contributed by atoms with van der Waals surface area (Å²) in [5.41, 5.74) is 0. The van der Waals surface area contributed by atoms with Crippen molar-refractivity contribution >= 4 is 5.97 Å². The zero-order valence-electron chi connectivity index (χ0n) is 10.7. The third kappa shape index (κ3) is 1.37. The lowest BCUT2D eigenvalue weighted by Crippen LogP contribution is -2.38. The summed E-state index contributed by atoms with van der Waals surface area (Å²) in [4.78, 5) is 11.8. The summed E-state index contributed by atoms with van der Waals surface area (Å²) in [6, 6.07) is 0. The molecule has 0 amide bonds. The first-order chi connectivity index (χ1) is 8.00. The molecule has 0 spiro atoms. The minimum absolute atomic E-state index is 0.00346. The zero-order valence-corrected chi connectivity index (χ0v) is 10.7. The molecule has 3 rings (SSSR count). The average molecular weight is 236 g/mol. The average Bonchev–Trinajstić information content (AvgIpc) is 2.82. The van der Waals surface area contributed by atoms with Crippen LogP contribution in [0, 0.1) is 29.6 Å². The number of hydrogen-bond donors (Lipinski definition) is 0. The molecule has 1 heterocycles. The number of esters is 1. The zero-order chi connectivity index (χ0) is 12.3. The molecule has 0 aromatic carbocycles. The number of rotatable bonds is 3. The van der Waals surface area contributed by atoms with E-state index in [2.05, 4.69) is 27.4 Å². The molecule has 0 N–H and O–H groups in total. The van der Waals surface area contributed by atoms with E-state index < -0.39 is 0 Å². The van der Waals surface area contributed by atoms with Gasteiger partial charge in [-0.15, -0.1) is 0 Å². The van der Waals surface area contributed by atoms with E-state index in [1.807, 2.05) is 0 Å². The maximum absolute atomic E-state index is 11.8. The van der Waals surface area contributed by atoms with Crippen molar-refractivity contribution in [1.82, 2.24) is 0 Å². The summed E-state index contributed by atoms with van der Waals surface area (Å²) in [7, 11) is 0. The van der Waals surface area contributed by atoms with Crippen molar-refractivity contribution in [2.75, 3.05) is 0 Å². The van der Waals surface area contributed by atoms with Gasteiger partial charge in [0.1, 0.15) is 12.2 Å². The molecule has 6 atom stereocenters. The van der Waals surface area contributed by atoms with E-state index in [1.165, 1.54) is 0 Å². The third-order valence-electron chi connectivity index (χ3n) is 4.87. The fraction of sp³-hybridized carbons (Fsp3) is 0.786. The van der Waals surface area contributed by atoms with Crippen molar-refractivity contribution in [1.29, 1.82) is 0 Å². The summed E-state index contributed by atoms with van der Waals surface area (Å²) in [6.07, 6.45) is 1.12. The number of allylic oxidation sites excluding steroid dienone is 1. The highest BCUT2D eigenvalue weighted by Gasteiger charge is 2.66. The SMILES string of the molecule is C=C(OC1C2CC3C1OC(=O)C3C2C)C(C)C. The van der Waals surface area contributed by atoms with E-state index in [0.717, 1.165) is 12.2 Å². The lowest BCUT2D eigenvalue weighted by molar-refractivity contribution is -0.146. The molecule has 0 aromatic rings. The van der Waals surface area contributed by atoms with E-state index in [9.17, 15) is 4.79 Å². The molecule has 17 heavy (non-hydrogen) atoms. The molecule has 6 unspecified atom stereocenters. The lowest BCUT2D eigenvalue weighted by atomic mass is 9.79. The highest BCUT2D eigenvalue weighted by atomic mass is 16.6. The van der Waals surface area contributed by atoms with Crippen LogP contribution in [0.3, 0.4) is 0 Å². The predicted molar refractivity (Wildman–Crippen MR) is 63.0 cm³/mol. The van der Waals surface area contributed by atoms with Gasteiger partial charge < -0.3 is 9.47 Å². The molecule has 1 aliphatic heterocycles. The van der Waals surface area contributed by atoms with Gasteiger partial charge >= 0.3 is 5.97 Å². The van der Waals surface area contributed by atoms with E-state index in [0.29, 0.717) is 23.7 Å². The minimum Gasteiger partial charge on any atom is -0.491 e. The van der Waals surface area contributed by atoms with Crippen LogP contribution in [-0.2, 0) is 14.3 Å². The molecule has 2 aliphatic carbocycles. The second-order valence-electron chi connectivity index (χ2n) is 6.05. The monoisotopic (exact) mass is 236 g/mol. The highest BCUT2D eigenvalue weighted by molar-refractivity contribution is 5.77. The number of fused-ring (bicyclic) bond motifs is 1. The number of hydrogen-bond acceptors (Lipinski definition) is 3. The first-order valence-corrected chi connectivity index (χ1v) is 6.56. The summed E-state index contributed by atoms with van der Waals surface area (Å²) in [6.45, 7) is 10.3. The Hall–Kier alpha value is -0.990. The first kappa shape index (κ1) is 11.1. The van der Waals surface area contributed by atoms with Crippen LogP contribution in [0.5, 0.6) is 0 Å². The second-order valence-corrected chi connectivity index (χ2v) is 6.05. The van der Waals surface area contributed by atoms with Crippen LogP contribution in [-0.4, -0.2) is 18.2 Å². The summed E-state index contributed by atoms with van der Waals surface area (Å²) in [5.74, 6) is 2.53. The Balaban J connectivity index is 1.80. The van der Waals surface area contributed by atoms with Crippen molar-refractivity contribution < 1.29 is 14.3 Å². The largest absolute Gasteiger partial charge is 0.491 e. The van der Waals surface area contributed by atoms with E-state index in [1.54, 1.807) is 0 Å². The normalized spacial score (nSPS) is 46.5. The Morgan fingerprint density at radius 2 is 2.18 bits per heavy atom. The van der Waals surface area contributed by atoms with E-state index >= 15 is 0 Å². The topological polar surface area (TPSA) is 35.5 Å². The van der Waals surface area contributed by atoms with Gasteiger partial charge in [-0.2, -0.15) is 0 Å². The van der Waals surface area contributed by atoms with Gasteiger partial charge in [-0.25, -0.2) is 0 Å². The molecule has 2 saturated carbocycles. The maximum Gasteiger partial charge on any atom is 0.310 e. The highest BCUT2D eigenvalue weighted by Crippen LogP contribution is 2.58. The molecule has 1 saturated heterocycles. The van der Waals surface area contributed by atoms with Crippen LogP contribution < -0.4 is 0 Å². The Labute approximate surface area is 102 Å². The Morgan fingerprint density at radius 1 is 1.47 bits per heavy atom. The van der Waals surface area contributed by atoms with Crippen LogP contribution in [0.15, 0.2) is 12.3 Å². The molecular weight excluding hydrogens is 216 g/mol. The third-order valence-corrected chi connectivity index (χ3v) is 4.87. The maximum atomic E-state index is 11.8. The molecule has 0 radical (unpaired) electrons. The Morgan fingerprint density at radius 3 is 2.82 bits per heavy atom.